The molecule has 0 fully saturated rings. The number of aryl methyl sites for hydroxylation is 1. The number of nitrogens with one attached hydrogen (secondary N) is 1. The summed E-state index contributed by atoms with van der Waals surface area (Å²) in [6, 6.07) is 8.95. The third-order valence-corrected chi connectivity index (χ3v) is 5.75. The van der Waals surface area contributed by atoms with E-state index in [0.29, 0.717) is 6.04 Å². The first-order valence-electron chi connectivity index (χ1n) is 6.74. The Hall–Kier alpha value is -1.59. The molecule has 1 N–H and O–H groups in total. The van der Waals surface area contributed by atoms with Crippen molar-refractivity contribution in [2.75, 3.05) is 11.9 Å². The first-order chi connectivity index (χ1) is 9.83. The quantitative estimate of drug-likeness (QED) is 0.761. The van der Waals surface area contributed by atoms with Gasteiger partial charge in [0.15, 0.2) is 0 Å². The molecule has 0 amide bonds. The number of rotatable bonds is 2. The Morgan fingerprint density at radius 1 is 1.30 bits per heavy atom. The molecular formula is C15H15N3S2. The summed E-state index contributed by atoms with van der Waals surface area (Å²) in [6.07, 6.45) is 1.10. The van der Waals surface area contributed by atoms with Crippen molar-refractivity contribution in [1.82, 2.24) is 9.78 Å². The van der Waals surface area contributed by atoms with Crippen molar-refractivity contribution in [3.63, 3.8) is 0 Å². The molecular weight excluding hydrogens is 286 g/mol. The minimum atomic E-state index is 0.375. The highest BCUT2D eigenvalue weighted by molar-refractivity contribution is 7.13. The number of fused-ring (bicyclic) bond motifs is 1. The number of nitrogens with zero attached hydrogens (tertiary/aromatic N) is 2. The molecule has 0 bridgehead atoms. The van der Waals surface area contributed by atoms with Gasteiger partial charge in [-0.25, -0.2) is 4.68 Å². The number of hydrogen-bond acceptors (Lipinski definition) is 4. The third-order valence-electron chi connectivity index (χ3n) is 3.73. The monoisotopic (exact) mass is 301 g/mol. The van der Waals surface area contributed by atoms with Crippen molar-refractivity contribution in [2.45, 2.75) is 19.4 Å². The Balaban J connectivity index is 1.80. The highest BCUT2D eigenvalue weighted by atomic mass is 32.1. The lowest BCUT2D eigenvalue weighted by Crippen LogP contribution is -2.24. The summed E-state index contributed by atoms with van der Waals surface area (Å²) in [6.45, 7) is 3.20. The molecule has 1 atom stereocenters. The summed E-state index contributed by atoms with van der Waals surface area (Å²) in [5.74, 6) is 1.14. The highest BCUT2D eigenvalue weighted by Crippen LogP contribution is 2.36. The molecule has 3 aromatic heterocycles. The minimum Gasteiger partial charge on any atom is -0.370 e. The van der Waals surface area contributed by atoms with E-state index in [1.807, 2.05) is 11.3 Å². The van der Waals surface area contributed by atoms with Crippen LogP contribution in [-0.2, 0) is 0 Å². The van der Waals surface area contributed by atoms with Gasteiger partial charge in [0, 0.05) is 17.5 Å². The van der Waals surface area contributed by atoms with E-state index in [4.69, 9.17) is 5.10 Å². The molecule has 0 saturated heterocycles. The maximum absolute atomic E-state index is 4.84. The fourth-order valence-electron chi connectivity index (χ4n) is 2.74. The molecule has 1 unspecified atom stereocenters. The van der Waals surface area contributed by atoms with Gasteiger partial charge in [-0.05, 0) is 41.8 Å². The molecule has 102 valence electrons. The molecule has 0 saturated carbocycles. The predicted molar refractivity (Wildman–Crippen MR) is 85.8 cm³/mol. The van der Waals surface area contributed by atoms with Crippen LogP contribution in [-0.4, -0.2) is 16.3 Å². The molecule has 0 aliphatic carbocycles. The van der Waals surface area contributed by atoms with Gasteiger partial charge < -0.3 is 5.32 Å². The average molecular weight is 301 g/mol. The first-order valence-corrected chi connectivity index (χ1v) is 8.50. The van der Waals surface area contributed by atoms with Gasteiger partial charge in [-0.3, -0.25) is 0 Å². The lowest BCUT2D eigenvalue weighted by Gasteiger charge is -2.25. The Morgan fingerprint density at radius 2 is 2.25 bits per heavy atom. The van der Waals surface area contributed by atoms with Gasteiger partial charge >= 0.3 is 0 Å². The molecule has 0 radical (unpaired) electrons. The van der Waals surface area contributed by atoms with Crippen LogP contribution in [0.3, 0.4) is 0 Å². The molecule has 3 nitrogen and oxygen atoms in total. The van der Waals surface area contributed by atoms with E-state index in [1.54, 1.807) is 11.3 Å². The molecule has 0 spiro atoms. The molecule has 20 heavy (non-hydrogen) atoms. The van der Waals surface area contributed by atoms with Crippen LogP contribution in [0.2, 0.25) is 0 Å². The van der Waals surface area contributed by atoms with Crippen LogP contribution in [0, 0.1) is 6.92 Å². The zero-order valence-corrected chi connectivity index (χ0v) is 12.8. The van der Waals surface area contributed by atoms with Crippen LogP contribution in [0.15, 0.2) is 35.0 Å². The van der Waals surface area contributed by atoms with Crippen molar-refractivity contribution >= 4 is 28.5 Å². The number of hydrogen-bond donors (Lipinski definition) is 1. The van der Waals surface area contributed by atoms with Crippen LogP contribution in [0.5, 0.6) is 0 Å². The SMILES string of the molecule is Cc1ccsc1C1CCNc2cc(-c3cccs3)nn21. The Bertz CT molecular complexity index is 724. The standard InChI is InChI=1S/C15H15N3S2/c1-10-5-8-20-15(10)12-4-6-16-14-9-11(17-18(12)14)13-3-2-7-19-13/h2-3,5,7-9,12,16H,4,6H2,1H3. The normalized spacial score (nSPS) is 17.8. The lowest BCUT2D eigenvalue weighted by atomic mass is 10.1. The molecule has 1 aliphatic heterocycles. The van der Waals surface area contributed by atoms with Crippen molar-refractivity contribution < 1.29 is 0 Å². The zero-order valence-electron chi connectivity index (χ0n) is 11.2. The van der Waals surface area contributed by atoms with Gasteiger partial charge in [0.1, 0.15) is 11.5 Å². The van der Waals surface area contributed by atoms with E-state index >= 15 is 0 Å². The minimum absolute atomic E-state index is 0.375. The zero-order chi connectivity index (χ0) is 13.5. The maximum atomic E-state index is 4.84. The molecule has 4 rings (SSSR count). The lowest BCUT2D eigenvalue weighted by molar-refractivity contribution is 0.488. The molecule has 3 aromatic rings. The van der Waals surface area contributed by atoms with Crippen molar-refractivity contribution in [2.24, 2.45) is 0 Å². The molecule has 4 heterocycles. The molecule has 1 aliphatic rings. The topological polar surface area (TPSA) is 29.9 Å². The second-order valence-electron chi connectivity index (χ2n) is 5.04. The average Bonchev–Trinajstić information content (AvgIpc) is 3.17. The van der Waals surface area contributed by atoms with Crippen LogP contribution in [0.25, 0.3) is 10.6 Å². The van der Waals surface area contributed by atoms with Gasteiger partial charge in [-0.2, -0.15) is 5.10 Å². The summed E-state index contributed by atoms with van der Waals surface area (Å²) in [5.41, 5.74) is 2.45. The highest BCUT2D eigenvalue weighted by Gasteiger charge is 2.25. The summed E-state index contributed by atoms with van der Waals surface area (Å²) >= 11 is 3.58. The summed E-state index contributed by atoms with van der Waals surface area (Å²) in [4.78, 5) is 2.67. The number of thiophene rings is 2. The van der Waals surface area contributed by atoms with Crippen LogP contribution < -0.4 is 5.32 Å². The van der Waals surface area contributed by atoms with Gasteiger partial charge in [0.25, 0.3) is 0 Å². The van der Waals surface area contributed by atoms with E-state index in [9.17, 15) is 0 Å². The second-order valence-corrected chi connectivity index (χ2v) is 6.93. The maximum Gasteiger partial charge on any atom is 0.125 e. The van der Waals surface area contributed by atoms with Crippen LogP contribution in [0.4, 0.5) is 5.82 Å². The van der Waals surface area contributed by atoms with E-state index in [-0.39, 0.29) is 0 Å². The van der Waals surface area contributed by atoms with Gasteiger partial charge in [0.2, 0.25) is 0 Å². The van der Waals surface area contributed by atoms with Gasteiger partial charge in [0.05, 0.1) is 10.9 Å². The Kier molecular flexibility index (Phi) is 2.89. The smallest absolute Gasteiger partial charge is 0.125 e. The van der Waals surface area contributed by atoms with Crippen LogP contribution in [0.1, 0.15) is 22.9 Å². The summed E-state index contributed by atoms with van der Waals surface area (Å²) in [7, 11) is 0. The molecule has 0 aromatic carbocycles. The van der Waals surface area contributed by atoms with Gasteiger partial charge in [-0.15, -0.1) is 22.7 Å². The summed E-state index contributed by atoms with van der Waals surface area (Å²) in [5, 5.41) is 12.6. The van der Waals surface area contributed by atoms with E-state index in [1.165, 1.54) is 15.3 Å². The third kappa shape index (κ3) is 1.89. The van der Waals surface area contributed by atoms with E-state index < -0.39 is 0 Å². The van der Waals surface area contributed by atoms with Crippen molar-refractivity contribution in [1.29, 1.82) is 0 Å². The first kappa shape index (κ1) is 12.2. The molecule has 5 heteroatoms. The Labute approximate surface area is 125 Å². The largest absolute Gasteiger partial charge is 0.370 e. The number of aromatic nitrogens is 2. The van der Waals surface area contributed by atoms with Crippen molar-refractivity contribution in [3.05, 3.63) is 45.5 Å². The number of anilines is 1. The van der Waals surface area contributed by atoms with Gasteiger partial charge in [-0.1, -0.05) is 6.07 Å². The Morgan fingerprint density at radius 3 is 3.00 bits per heavy atom. The fourth-order valence-corrected chi connectivity index (χ4v) is 4.46. The van der Waals surface area contributed by atoms with E-state index in [2.05, 4.69) is 51.9 Å². The predicted octanol–water partition coefficient (Wildman–Crippen LogP) is 4.39. The van der Waals surface area contributed by atoms with Crippen molar-refractivity contribution in [3.8, 4) is 10.6 Å². The summed E-state index contributed by atoms with van der Waals surface area (Å²) < 4.78 is 2.16. The van der Waals surface area contributed by atoms with Crippen LogP contribution >= 0.6 is 22.7 Å². The van der Waals surface area contributed by atoms with E-state index in [0.717, 1.165) is 24.5 Å². The fraction of sp³-hybridized carbons (Fsp3) is 0.267. The second kappa shape index (κ2) is 4.75.